The third-order valence-electron chi connectivity index (χ3n) is 0.917. The Balaban J connectivity index is 0.000000810. The molecule has 0 saturated carbocycles. The largest absolute Gasteiger partial charge is 2.00 e. The summed E-state index contributed by atoms with van der Waals surface area (Å²) in [6, 6.07) is 5.02. The van der Waals surface area contributed by atoms with Crippen molar-refractivity contribution in [1.29, 1.82) is 0 Å². The van der Waals surface area contributed by atoms with Gasteiger partial charge in [-0.15, -0.1) is 0 Å². The Morgan fingerprint density at radius 3 is 2.50 bits per heavy atom. The van der Waals surface area contributed by atoms with Gasteiger partial charge in [0.05, 0.1) is 0 Å². The summed E-state index contributed by atoms with van der Waals surface area (Å²) in [4.78, 5) is 14.1. The first-order valence-corrected chi connectivity index (χ1v) is 2.51. The number of aromatic nitrogens is 1. The van der Waals surface area contributed by atoms with E-state index >= 15 is 0 Å². The molecule has 0 aromatic carbocycles. The van der Waals surface area contributed by atoms with Gasteiger partial charge in [0.25, 0.3) is 5.91 Å². The van der Waals surface area contributed by atoms with Gasteiger partial charge in [-0.2, -0.15) is 0 Å². The molecule has 4 heteroatoms. The van der Waals surface area contributed by atoms with Crippen molar-refractivity contribution in [3.63, 3.8) is 0 Å². The van der Waals surface area contributed by atoms with Crippen LogP contribution in [0.3, 0.4) is 0 Å². The number of hydrogen-bond acceptors (Lipinski definition) is 2. The normalized spacial score (nSPS) is 8.00. The van der Waals surface area contributed by atoms with Crippen molar-refractivity contribution < 1.29 is 21.3 Å². The second-order valence-corrected chi connectivity index (χ2v) is 1.58. The van der Waals surface area contributed by atoms with Crippen molar-refractivity contribution in [2.24, 2.45) is 5.73 Å². The number of rotatable bonds is 1. The average molecular weight is 181 g/mol. The van der Waals surface area contributed by atoms with Gasteiger partial charge in [0.2, 0.25) is 0 Å². The number of carbonyl (C=O) groups excluding carboxylic acids is 1. The van der Waals surface area contributed by atoms with Gasteiger partial charge in [-0.3, -0.25) is 9.78 Å². The molecular weight excluding hydrogens is 175 g/mol. The van der Waals surface area contributed by atoms with Crippen LogP contribution in [0.2, 0.25) is 0 Å². The van der Waals surface area contributed by atoms with Gasteiger partial charge in [0.1, 0.15) is 5.69 Å². The maximum absolute atomic E-state index is 10.4. The standard InChI is InChI=1S/C6H6N2O.Ni/c7-6(9)5-3-1-2-4-8-5;/h1-4H,(H2,7,9);/q;+2. The number of carbonyl (C=O) groups is 1. The van der Waals surface area contributed by atoms with Crippen molar-refractivity contribution in [2.75, 3.05) is 0 Å². The van der Waals surface area contributed by atoms with Gasteiger partial charge in [-0.1, -0.05) is 6.07 Å². The van der Waals surface area contributed by atoms with Crippen LogP contribution in [-0.4, -0.2) is 10.9 Å². The molecule has 1 rings (SSSR count). The second kappa shape index (κ2) is 4.01. The molecule has 0 bridgehead atoms. The molecule has 0 radical (unpaired) electrons. The molecule has 0 aliphatic carbocycles. The van der Waals surface area contributed by atoms with Crippen LogP contribution in [0.15, 0.2) is 24.4 Å². The van der Waals surface area contributed by atoms with Gasteiger partial charge in [0.15, 0.2) is 0 Å². The fourth-order valence-corrected chi connectivity index (χ4v) is 0.509. The molecule has 0 aliphatic rings. The summed E-state index contributed by atoms with van der Waals surface area (Å²) in [5, 5.41) is 0. The van der Waals surface area contributed by atoms with Crippen LogP contribution in [-0.2, 0) is 16.5 Å². The number of nitrogens with zero attached hydrogens (tertiary/aromatic N) is 1. The summed E-state index contributed by atoms with van der Waals surface area (Å²) in [7, 11) is 0. The van der Waals surface area contributed by atoms with Crippen molar-refractivity contribution >= 4 is 5.91 Å². The van der Waals surface area contributed by atoms with Crippen molar-refractivity contribution in [3.05, 3.63) is 30.1 Å². The van der Waals surface area contributed by atoms with Crippen molar-refractivity contribution in [1.82, 2.24) is 4.98 Å². The number of primary amides is 1. The SMILES string of the molecule is NC(=O)c1ccccn1.[Ni+2]. The number of amides is 1. The summed E-state index contributed by atoms with van der Waals surface area (Å²) in [6.45, 7) is 0. The second-order valence-electron chi connectivity index (χ2n) is 1.58. The van der Waals surface area contributed by atoms with Crippen LogP contribution in [0.4, 0.5) is 0 Å². The molecule has 0 unspecified atom stereocenters. The van der Waals surface area contributed by atoms with E-state index in [9.17, 15) is 4.79 Å². The molecule has 1 heterocycles. The first kappa shape index (κ1) is 9.11. The summed E-state index contributed by atoms with van der Waals surface area (Å²) in [5.41, 5.74) is 5.22. The van der Waals surface area contributed by atoms with Gasteiger partial charge in [-0.25, -0.2) is 0 Å². The Morgan fingerprint density at radius 1 is 1.50 bits per heavy atom. The van der Waals surface area contributed by atoms with Crippen LogP contribution in [0.1, 0.15) is 10.5 Å². The molecule has 0 aliphatic heterocycles. The van der Waals surface area contributed by atoms with E-state index < -0.39 is 5.91 Å². The van der Waals surface area contributed by atoms with E-state index in [4.69, 9.17) is 5.73 Å². The predicted octanol–water partition coefficient (Wildman–Crippen LogP) is 0.178. The molecule has 54 valence electrons. The Kier molecular flexibility index (Phi) is 3.66. The Bertz CT molecular complexity index is 212. The first-order valence-electron chi connectivity index (χ1n) is 2.51. The van der Waals surface area contributed by atoms with Gasteiger partial charge in [-0.05, 0) is 12.1 Å². The molecule has 10 heavy (non-hydrogen) atoms. The minimum atomic E-state index is -0.490. The van der Waals surface area contributed by atoms with E-state index in [0.717, 1.165) is 0 Å². The molecule has 0 atom stereocenters. The maximum Gasteiger partial charge on any atom is 2.00 e. The summed E-state index contributed by atoms with van der Waals surface area (Å²) in [5.74, 6) is -0.490. The molecule has 1 aromatic heterocycles. The predicted molar refractivity (Wildman–Crippen MR) is 32.8 cm³/mol. The van der Waals surface area contributed by atoms with E-state index in [1.807, 2.05) is 0 Å². The van der Waals surface area contributed by atoms with E-state index in [1.54, 1.807) is 18.2 Å². The summed E-state index contributed by atoms with van der Waals surface area (Å²) in [6.07, 6.45) is 1.53. The molecule has 2 N–H and O–H groups in total. The van der Waals surface area contributed by atoms with E-state index in [1.165, 1.54) is 6.20 Å². The molecule has 0 saturated heterocycles. The number of pyridine rings is 1. The van der Waals surface area contributed by atoms with Crippen molar-refractivity contribution in [3.8, 4) is 0 Å². The number of hydrogen-bond donors (Lipinski definition) is 1. The zero-order chi connectivity index (χ0) is 6.69. The fourth-order valence-electron chi connectivity index (χ4n) is 0.509. The zero-order valence-electron chi connectivity index (χ0n) is 5.06. The van der Waals surface area contributed by atoms with Gasteiger partial charge < -0.3 is 5.73 Å². The van der Waals surface area contributed by atoms with Crippen LogP contribution in [0.25, 0.3) is 0 Å². The van der Waals surface area contributed by atoms with E-state index in [2.05, 4.69) is 4.98 Å². The van der Waals surface area contributed by atoms with Crippen LogP contribution >= 0.6 is 0 Å². The topological polar surface area (TPSA) is 56.0 Å². The minimum Gasteiger partial charge on any atom is -0.364 e. The van der Waals surface area contributed by atoms with Crippen LogP contribution in [0.5, 0.6) is 0 Å². The molecular formula is C6H6N2NiO+2. The Morgan fingerprint density at radius 2 is 2.20 bits per heavy atom. The third-order valence-corrected chi connectivity index (χ3v) is 0.917. The van der Waals surface area contributed by atoms with Crippen LogP contribution < -0.4 is 5.73 Å². The van der Waals surface area contributed by atoms with Crippen LogP contribution in [0, 0.1) is 0 Å². The summed E-state index contributed by atoms with van der Waals surface area (Å²) >= 11 is 0. The Labute approximate surface area is 68.6 Å². The third kappa shape index (κ3) is 2.15. The quantitative estimate of drug-likeness (QED) is 0.628. The Hall–Kier alpha value is -0.886. The van der Waals surface area contributed by atoms with Gasteiger partial charge in [0, 0.05) is 6.20 Å². The number of nitrogens with two attached hydrogens (primary N) is 1. The maximum atomic E-state index is 10.4. The molecule has 0 fully saturated rings. The van der Waals surface area contributed by atoms with E-state index in [0.29, 0.717) is 5.69 Å². The zero-order valence-corrected chi connectivity index (χ0v) is 6.05. The van der Waals surface area contributed by atoms with E-state index in [-0.39, 0.29) is 16.5 Å². The molecule has 1 amide bonds. The smallest absolute Gasteiger partial charge is 0.364 e. The molecule has 0 spiro atoms. The molecule has 1 aromatic rings. The summed E-state index contributed by atoms with van der Waals surface area (Å²) < 4.78 is 0. The van der Waals surface area contributed by atoms with Crippen molar-refractivity contribution in [2.45, 2.75) is 0 Å². The minimum absolute atomic E-state index is 0. The van der Waals surface area contributed by atoms with Gasteiger partial charge >= 0.3 is 16.5 Å². The molecule has 3 nitrogen and oxygen atoms in total. The first-order chi connectivity index (χ1) is 4.30. The average Bonchev–Trinajstić information content (AvgIpc) is 1.90. The monoisotopic (exact) mass is 180 g/mol. The fraction of sp³-hybridized carbons (Fsp3) is 0.